The Morgan fingerprint density at radius 1 is 0.833 bits per heavy atom. The topological polar surface area (TPSA) is 49.1 Å². The lowest BCUT2D eigenvalue weighted by atomic mass is 10.2. The van der Waals surface area contributed by atoms with Crippen molar-refractivity contribution >= 4 is 0 Å². The molecule has 0 amide bonds. The Hall–Kier alpha value is -2.60. The van der Waals surface area contributed by atoms with Gasteiger partial charge in [-0.2, -0.15) is 0 Å². The molecule has 1 atom stereocenters. The highest BCUT2D eigenvalue weighted by molar-refractivity contribution is 5.27. The van der Waals surface area contributed by atoms with Crippen LogP contribution in [0.2, 0.25) is 0 Å². The first kappa shape index (κ1) is 22.1. The van der Waals surface area contributed by atoms with Crippen molar-refractivity contribution in [2.24, 2.45) is 0 Å². The normalized spacial score (nSPS) is 12.5. The van der Waals surface area contributed by atoms with Gasteiger partial charge in [0.25, 0.3) is 0 Å². The number of nitrogens with zero attached hydrogens (tertiary/aromatic N) is 2. The number of rotatable bonds is 11. The van der Waals surface area contributed by atoms with Crippen LogP contribution in [0.25, 0.3) is 0 Å². The summed E-state index contributed by atoms with van der Waals surface area (Å²) < 4.78 is 11.4. The molecule has 0 saturated carbocycles. The molecule has 30 heavy (non-hydrogen) atoms. The molecule has 3 rings (SSSR count). The lowest BCUT2D eigenvalue weighted by Crippen LogP contribution is -2.32. The maximum Gasteiger partial charge on any atom is 0.119 e. The Kier molecular flexibility index (Phi) is 8.08. The van der Waals surface area contributed by atoms with Crippen LogP contribution in [0.4, 0.5) is 0 Å². The van der Waals surface area contributed by atoms with Gasteiger partial charge in [-0.3, -0.25) is 9.80 Å². The van der Waals surface area contributed by atoms with Crippen LogP contribution in [0.5, 0.6) is 5.75 Å². The van der Waals surface area contributed by atoms with Crippen LogP contribution >= 0.6 is 0 Å². The third kappa shape index (κ3) is 7.34. The summed E-state index contributed by atoms with van der Waals surface area (Å²) in [6.07, 6.45) is -0.540. The van der Waals surface area contributed by atoms with E-state index in [1.165, 1.54) is 11.1 Å². The van der Waals surface area contributed by atoms with Crippen molar-refractivity contribution < 1.29 is 14.3 Å². The Morgan fingerprint density at radius 3 is 2.17 bits per heavy atom. The first-order valence-corrected chi connectivity index (χ1v) is 10.3. The van der Waals surface area contributed by atoms with Crippen molar-refractivity contribution in [3.8, 4) is 5.75 Å². The van der Waals surface area contributed by atoms with Gasteiger partial charge in [0.1, 0.15) is 30.0 Å². The van der Waals surface area contributed by atoms with Crippen molar-refractivity contribution in [2.45, 2.75) is 32.7 Å². The smallest absolute Gasteiger partial charge is 0.119 e. The molecule has 1 N–H and O–H groups in total. The van der Waals surface area contributed by atoms with Gasteiger partial charge in [-0.05, 0) is 56.4 Å². The van der Waals surface area contributed by atoms with Crippen LogP contribution in [0.1, 0.15) is 22.6 Å². The average molecular weight is 409 g/mol. The molecule has 1 heterocycles. The van der Waals surface area contributed by atoms with E-state index in [1.54, 1.807) is 0 Å². The van der Waals surface area contributed by atoms with E-state index in [4.69, 9.17) is 9.15 Å². The molecule has 1 aromatic heterocycles. The molecular formula is C25H32N2O3. The van der Waals surface area contributed by atoms with Gasteiger partial charge < -0.3 is 14.3 Å². The monoisotopic (exact) mass is 408 g/mol. The standard InChI is InChI=1S/C25H32N2O3/c1-20-9-12-25(30-20)18-27(3)16-22-10-13-24(14-11-22)29-19-23(28)17-26(2)15-21-7-5-4-6-8-21/h4-14,23,28H,15-19H2,1-3H3/t23-/m0/s1. The predicted octanol–water partition coefficient (Wildman–Crippen LogP) is 4.09. The lowest BCUT2D eigenvalue weighted by Gasteiger charge is -2.21. The minimum atomic E-state index is -0.540. The van der Waals surface area contributed by atoms with Crippen LogP contribution in [-0.2, 0) is 19.6 Å². The van der Waals surface area contributed by atoms with E-state index in [1.807, 2.05) is 56.4 Å². The molecule has 0 saturated heterocycles. The minimum Gasteiger partial charge on any atom is -0.491 e. The molecule has 0 aliphatic rings. The number of ether oxygens (including phenoxy) is 1. The molecule has 2 aromatic carbocycles. The van der Waals surface area contributed by atoms with Crippen molar-refractivity contribution in [1.82, 2.24) is 9.80 Å². The van der Waals surface area contributed by atoms with Crippen LogP contribution in [-0.4, -0.2) is 48.3 Å². The third-order valence-corrected chi connectivity index (χ3v) is 4.86. The lowest BCUT2D eigenvalue weighted by molar-refractivity contribution is 0.0744. The molecule has 0 fully saturated rings. The fourth-order valence-electron chi connectivity index (χ4n) is 3.46. The summed E-state index contributed by atoms with van der Waals surface area (Å²) in [5, 5.41) is 10.3. The quantitative estimate of drug-likeness (QED) is 0.518. The zero-order valence-corrected chi connectivity index (χ0v) is 18.1. The van der Waals surface area contributed by atoms with E-state index in [0.29, 0.717) is 6.54 Å². The molecule has 0 aliphatic carbocycles. The zero-order valence-electron chi connectivity index (χ0n) is 18.1. The fourth-order valence-corrected chi connectivity index (χ4v) is 3.46. The second kappa shape index (κ2) is 11.0. The van der Waals surface area contributed by atoms with Crippen LogP contribution in [0, 0.1) is 6.92 Å². The van der Waals surface area contributed by atoms with Crippen molar-refractivity contribution in [3.05, 3.63) is 89.4 Å². The Labute approximate surface area is 179 Å². The van der Waals surface area contributed by atoms with Gasteiger partial charge in [-0.1, -0.05) is 42.5 Å². The summed E-state index contributed by atoms with van der Waals surface area (Å²) in [5.74, 6) is 2.68. The highest BCUT2D eigenvalue weighted by Gasteiger charge is 2.10. The van der Waals surface area contributed by atoms with E-state index in [-0.39, 0.29) is 6.61 Å². The maximum absolute atomic E-state index is 10.3. The summed E-state index contributed by atoms with van der Waals surface area (Å²) in [6, 6.07) is 22.3. The van der Waals surface area contributed by atoms with Gasteiger partial charge in [-0.25, -0.2) is 0 Å². The molecule has 0 radical (unpaired) electrons. The van der Waals surface area contributed by atoms with Crippen LogP contribution < -0.4 is 4.74 Å². The SMILES string of the molecule is Cc1ccc(CN(C)Cc2ccc(OC[C@@H](O)CN(C)Cc3ccccc3)cc2)o1. The first-order valence-electron chi connectivity index (χ1n) is 10.3. The van der Waals surface area contributed by atoms with Gasteiger partial charge in [0.05, 0.1) is 6.54 Å². The molecule has 0 unspecified atom stereocenters. The largest absolute Gasteiger partial charge is 0.491 e. The van der Waals surface area contributed by atoms with E-state index in [0.717, 1.165) is 36.9 Å². The number of furan rings is 1. The summed E-state index contributed by atoms with van der Waals surface area (Å²) in [5.41, 5.74) is 2.44. The summed E-state index contributed by atoms with van der Waals surface area (Å²) in [4.78, 5) is 4.31. The summed E-state index contributed by atoms with van der Waals surface area (Å²) in [6.45, 7) is 5.19. The molecule has 0 bridgehead atoms. The van der Waals surface area contributed by atoms with Crippen molar-refractivity contribution in [3.63, 3.8) is 0 Å². The fraction of sp³-hybridized carbons (Fsp3) is 0.360. The van der Waals surface area contributed by atoms with Gasteiger partial charge in [0.15, 0.2) is 0 Å². The second-order valence-corrected chi connectivity index (χ2v) is 7.98. The molecule has 3 aromatic rings. The van der Waals surface area contributed by atoms with E-state index in [9.17, 15) is 5.11 Å². The van der Waals surface area contributed by atoms with E-state index < -0.39 is 6.10 Å². The number of aliphatic hydroxyl groups is 1. The molecule has 0 spiro atoms. The maximum atomic E-state index is 10.3. The van der Waals surface area contributed by atoms with Gasteiger partial charge in [0.2, 0.25) is 0 Å². The molecule has 5 heteroatoms. The van der Waals surface area contributed by atoms with E-state index in [2.05, 4.69) is 41.1 Å². The molecule has 0 aliphatic heterocycles. The number of aryl methyl sites for hydroxylation is 1. The minimum absolute atomic E-state index is 0.274. The Bertz CT molecular complexity index is 877. The zero-order chi connectivity index (χ0) is 21.3. The molecule has 5 nitrogen and oxygen atoms in total. The number of hydrogen-bond acceptors (Lipinski definition) is 5. The summed E-state index contributed by atoms with van der Waals surface area (Å²) >= 11 is 0. The summed E-state index contributed by atoms with van der Waals surface area (Å²) in [7, 11) is 4.08. The average Bonchev–Trinajstić information content (AvgIpc) is 3.12. The van der Waals surface area contributed by atoms with Crippen LogP contribution in [0.15, 0.2) is 71.1 Å². The molecule has 160 valence electrons. The van der Waals surface area contributed by atoms with Gasteiger partial charge >= 0.3 is 0 Å². The first-order chi connectivity index (χ1) is 14.5. The Morgan fingerprint density at radius 2 is 1.50 bits per heavy atom. The highest BCUT2D eigenvalue weighted by atomic mass is 16.5. The second-order valence-electron chi connectivity index (χ2n) is 7.98. The van der Waals surface area contributed by atoms with Crippen molar-refractivity contribution in [2.75, 3.05) is 27.2 Å². The van der Waals surface area contributed by atoms with Crippen molar-refractivity contribution in [1.29, 1.82) is 0 Å². The van der Waals surface area contributed by atoms with Crippen LogP contribution in [0.3, 0.4) is 0 Å². The third-order valence-electron chi connectivity index (χ3n) is 4.86. The molecular weight excluding hydrogens is 376 g/mol. The number of likely N-dealkylation sites (N-methyl/N-ethyl adjacent to an activating group) is 1. The Balaban J connectivity index is 1.39. The van der Waals surface area contributed by atoms with Gasteiger partial charge in [0, 0.05) is 19.6 Å². The number of hydrogen-bond donors (Lipinski definition) is 1. The number of aliphatic hydroxyl groups excluding tert-OH is 1. The highest BCUT2D eigenvalue weighted by Crippen LogP contribution is 2.16. The number of benzene rings is 2. The van der Waals surface area contributed by atoms with E-state index >= 15 is 0 Å². The predicted molar refractivity (Wildman–Crippen MR) is 119 cm³/mol. The van der Waals surface area contributed by atoms with Gasteiger partial charge in [-0.15, -0.1) is 0 Å².